The van der Waals surface area contributed by atoms with Crippen molar-refractivity contribution in [1.82, 2.24) is 9.88 Å². The largest absolute Gasteiger partial charge is 0.444 e. The molecule has 0 N–H and O–H groups in total. The number of amides is 1. The van der Waals surface area contributed by atoms with Gasteiger partial charge in [0.25, 0.3) is 0 Å². The molecule has 2 heterocycles. The van der Waals surface area contributed by atoms with Crippen LogP contribution in [0.4, 0.5) is 4.79 Å². The Kier molecular flexibility index (Phi) is 5.27. The SMILES string of the molecule is CC(C)(C)OC(=O)N1CCC(c2ncccc2I)CC1C#N. The first kappa shape index (κ1) is 17.0. The van der Waals surface area contributed by atoms with Crippen molar-refractivity contribution >= 4 is 28.7 Å². The standard InChI is InChI=1S/C16H20IN3O2/c1-16(2,3)22-15(21)20-8-6-11(9-12(20)10-18)14-13(17)5-4-7-19-14/h4-5,7,11-12H,6,8-9H2,1-3H3. The molecule has 0 spiro atoms. The monoisotopic (exact) mass is 413 g/mol. The van der Waals surface area contributed by atoms with Crippen LogP contribution < -0.4 is 0 Å². The molecule has 1 saturated heterocycles. The van der Waals surface area contributed by atoms with E-state index in [9.17, 15) is 10.1 Å². The molecule has 1 fully saturated rings. The lowest BCUT2D eigenvalue weighted by Crippen LogP contribution is -2.47. The predicted molar refractivity (Wildman–Crippen MR) is 91.3 cm³/mol. The van der Waals surface area contributed by atoms with Crippen LogP contribution in [0.25, 0.3) is 0 Å². The maximum atomic E-state index is 12.2. The Bertz CT molecular complexity index is 592. The molecule has 1 aromatic heterocycles. The first-order chi connectivity index (χ1) is 10.3. The molecule has 0 saturated carbocycles. The Balaban J connectivity index is 2.11. The number of piperidine rings is 1. The van der Waals surface area contributed by atoms with Crippen molar-refractivity contribution in [2.45, 2.75) is 51.2 Å². The third-order valence-electron chi connectivity index (χ3n) is 3.55. The van der Waals surface area contributed by atoms with Gasteiger partial charge in [-0.25, -0.2) is 4.79 Å². The van der Waals surface area contributed by atoms with E-state index in [-0.39, 0.29) is 5.92 Å². The number of rotatable bonds is 1. The molecule has 0 bridgehead atoms. The van der Waals surface area contributed by atoms with E-state index in [2.05, 4.69) is 33.6 Å². The first-order valence-electron chi connectivity index (χ1n) is 7.31. The summed E-state index contributed by atoms with van der Waals surface area (Å²) in [6.45, 7) is 6.00. The molecule has 5 nitrogen and oxygen atoms in total. The minimum absolute atomic E-state index is 0.205. The van der Waals surface area contributed by atoms with Crippen molar-refractivity contribution < 1.29 is 9.53 Å². The van der Waals surface area contributed by atoms with Crippen molar-refractivity contribution in [2.24, 2.45) is 0 Å². The van der Waals surface area contributed by atoms with Crippen molar-refractivity contribution in [3.05, 3.63) is 27.6 Å². The second-order valence-electron chi connectivity index (χ2n) is 6.41. The van der Waals surface area contributed by atoms with Gasteiger partial charge in [0.15, 0.2) is 0 Å². The molecular formula is C16H20IN3O2. The summed E-state index contributed by atoms with van der Waals surface area (Å²) in [7, 11) is 0. The highest BCUT2D eigenvalue weighted by Gasteiger charge is 2.35. The molecule has 118 valence electrons. The van der Waals surface area contributed by atoms with Crippen LogP contribution in [-0.2, 0) is 4.74 Å². The molecular weight excluding hydrogens is 393 g/mol. The number of aromatic nitrogens is 1. The van der Waals surface area contributed by atoms with Crippen molar-refractivity contribution in [3.63, 3.8) is 0 Å². The van der Waals surface area contributed by atoms with Gasteiger partial charge in [0.2, 0.25) is 0 Å². The van der Waals surface area contributed by atoms with Crippen LogP contribution in [0.3, 0.4) is 0 Å². The van der Waals surface area contributed by atoms with Crippen LogP contribution in [0.5, 0.6) is 0 Å². The molecule has 0 radical (unpaired) electrons. The normalized spacial score (nSPS) is 22.0. The summed E-state index contributed by atoms with van der Waals surface area (Å²) in [4.78, 5) is 18.2. The lowest BCUT2D eigenvalue weighted by atomic mass is 9.88. The van der Waals surface area contributed by atoms with Crippen molar-refractivity contribution in [2.75, 3.05) is 6.54 Å². The van der Waals surface area contributed by atoms with E-state index in [0.717, 1.165) is 15.7 Å². The molecule has 6 heteroatoms. The fourth-order valence-electron chi connectivity index (χ4n) is 2.57. The highest BCUT2D eigenvalue weighted by atomic mass is 127. The van der Waals surface area contributed by atoms with Gasteiger partial charge in [-0.3, -0.25) is 9.88 Å². The molecule has 2 atom stereocenters. The summed E-state index contributed by atoms with van der Waals surface area (Å²) in [5, 5.41) is 9.42. The van der Waals surface area contributed by atoms with Gasteiger partial charge in [-0.1, -0.05) is 0 Å². The summed E-state index contributed by atoms with van der Waals surface area (Å²) in [6, 6.07) is 5.69. The van der Waals surface area contributed by atoms with Gasteiger partial charge in [0, 0.05) is 22.2 Å². The van der Waals surface area contributed by atoms with Crippen LogP contribution in [0.15, 0.2) is 18.3 Å². The molecule has 1 aromatic rings. The molecule has 2 unspecified atom stereocenters. The van der Waals surface area contributed by atoms with Gasteiger partial charge in [0.05, 0.1) is 11.8 Å². The average molecular weight is 413 g/mol. The fraction of sp³-hybridized carbons (Fsp3) is 0.562. The summed E-state index contributed by atoms with van der Waals surface area (Å²) >= 11 is 2.27. The maximum Gasteiger partial charge on any atom is 0.411 e. The Labute approximate surface area is 144 Å². The zero-order valence-electron chi connectivity index (χ0n) is 13.0. The van der Waals surface area contributed by atoms with Gasteiger partial charge in [-0.2, -0.15) is 5.26 Å². The fourth-order valence-corrected chi connectivity index (χ4v) is 3.36. The second kappa shape index (κ2) is 6.82. The molecule has 22 heavy (non-hydrogen) atoms. The van der Waals surface area contributed by atoms with Gasteiger partial charge < -0.3 is 4.74 Å². The topological polar surface area (TPSA) is 66.2 Å². The van der Waals surface area contributed by atoms with Gasteiger partial charge >= 0.3 is 6.09 Å². The summed E-state index contributed by atoms with van der Waals surface area (Å²) in [5.41, 5.74) is 0.469. The first-order valence-corrected chi connectivity index (χ1v) is 8.39. The Hall–Kier alpha value is -1.36. The van der Waals surface area contributed by atoms with Crippen LogP contribution in [0, 0.1) is 14.9 Å². The molecule has 1 aliphatic heterocycles. The minimum atomic E-state index is -0.551. The highest BCUT2D eigenvalue weighted by molar-refractivity contribution is 14.1. The van der Waals surface area contributed by atoms with E-state index in [0.29, 0.717) is 13.0 Å². The number of nitrogens with zero attached hydrogens (tertiary/aromatic N) is 3. The third kappa shape index (κ3) is 4.09. The van der Waals surface area contributed by atoms with Crippen LogP contribution in [0.1, 0.15) is 45.2 Å². The van der Waals surface area contributed by atoms with Gasteiger partial charge in [-0.15, -0.1) is 0 Å². The second-order valence-corrected chi connectivity index (χ2v) is 7.57. The van der Waals surface area contributed by atoms with Crippen LogP contribution in [-0.4, -0.2) is 34.2 Å². The van der Waals surface area contributed by atoms with Gasteiger partial charge in [0.1, 0.15) is 11.6 Å². The minimum Gasteiger partial charge on any atom is -0.444 e. The quantitative estimate of drug-likeness (QED) is 0.659. The number of hydrogen-bond acceptors (Lipinski definition) is 4. The zero-order valence-corrected chi connectivity index (χ0v) is 15.2. The van der Waals surface area contributed by atoms with Gasteiger partial charge in [-0.05, 0) is 68.3 Å². The molecule has 0 aromatic carbocycles. The number of likely N-dealkylation sites (tertiary alicyclic amines) is 1. The van der Waals surface area contributed by atoms with E-state index >= 15 is 0 Å². The van der Waals surface area contributed by atoms with E-state index in [1.165, 1.54) is 4.90 Å². The summed E-state index contributed by atoms with van der Waals surface area (Å²) in [5.74, 6) is 0.205. The zero-order chi connectivity index (χ0) is 16.3. The van der Waals surface area contributed by atoms with E-state index in [4.69, 9.17) is 4.74 Å². The number of hydrogen-bond donors (Lipinski definition) is 0. The lowest BCUT2D eigenvalue weighted by Gasteiger charge is -2.36. The number of halogens is 1. The smallest absolute Gasteiger partial charge is 0.411 e. The summed E-state index contributed by atoms with van der Waals surface area (Å²) < 4.78 is 6.50. The van der Waals surface area contributed by atoms with Crippen LogP contribution in [0.2, 0.25) is 0 Å². The Morgan fingerprint density at radius 1 is 1.55 bits per heavy atom. The van der Waals surface area contributed by atoms with Crippen molar-refractivity contribution in [3.8, 4) is 6.07 Å². The Morgan fingerprint density at radius 3 is 2.86 bits per heavy atom. The molecule has 1 aliphatic rings. The van der Waals surface area contributed by atoms with E-state index < -0.39 is 17.7 Å². The Morgan fingerprint density at radius 2 is 2.27 bits per heavy atom. The lowest BCUT2D eigenvalue weighted by molar-refractivity contribution is 0.0140. The summed E-state index contributed by atoms with van der Waals surface area (Å²) in [6.07, 6.45) is 2.76. The molecule has 0 aliphatic carbocycles. The van der Waals surface area contributed by atoms with Crippen LogP contribution >= 0.6 is 22.6 Å². The number of carbonyl (C=O) groups excluding carboxylic acids is 1. The number of carbonyl (C=O) groups is 1. The number of pyridine rings is 1. The third-order valence-corrected chi connectivity index (χ3v) is 4.47. The average Bonchev–Trinajstić information content (AvgIpc) is 2.45. The highest BCUT2D eigenvalue weighted by Crippen LogP contribution is 2.33. The van der Waals surface area contributed by atoms with Crippen molar-refractivity contribution in [1.29, 1.82) is 5.26 Å². The number of ether oxygens (including phenoxy) is 1. The van der Waals surface area contributed by atoms with E-state index in [1.54, 1.807) is 6.20 Å². The predicted octanol–water partition coefficient (Wildman–Crippen LogP) is 3.69. The maximum absolute atomic E-state index is 12.2. The van der Waals surface area contributed by atoms with E-state index in [1.807, 2.05) is 32.9 Å². The number of nitriles is 1. The molecule has 1 amide bonds. The molecule has 2 rings (SSSR count).